The third-order valence-electron chi connectivity index (χ3n) is 6.75. The number of fused-ring (bicyclic) bond motifs is 4. The normalized spacial score (nSPS) is 18.6. The van der Waals surface area contributed by atoms with Gasteiger partial charge >= 0.3 is 12.1 Å². The van der Waals surface area contributed by atoms with Crippen LogP contribution in [-0.2, 0) is 16.0 Å². The van der Waals surface area contributed by atoms with Crippen molar-refractivity contribution in [1.82, 2.24) is 5.32 Å². The molecule has 0 bridgehead atoms. The largest absolute Gasteiger partial charge is 0.497 e. The van der Waals surface area contributed by atoms with Gasteiger partial charge < -0.3 is 19.9 Å². The zero-order chi connectivity index (χ0) is 22.9. The smallest absolute Gasteiger partial charge is 0.407 e. The average Bonchev–Trinajstić information content (AvgIpc) is 3.16. The van der Waals surface area contributed by atoms with Crippen LogP contribution in [0.25, 0.3) is 11.1 Å². The summed E-state index contributed by atoms with van der Waals surface area (Å²) in [7, 11) is 1.59. The van der Waals surface area contributed by atoms with Crippen LogP contribution in [0, 0.1) is 5.92 Å². The summed E-state index contributed by atoms with van der Waals surface area (Å²) in [4.78, 5) is 24.7. The molecule has 2 atom stereocenters. The summed E-state index contributed by atoms with van der Waals surface area (Å²) in [5.41, 5.74) is 6.35. The summed E-state index contributed by atoms with van der Waals surface area (Å²) in [6.07, 6.45) is 0.438. The fraction of sp³-hybridized carbons (Fsp3) is 0.259. The van der Waals surface area contributed by atoms with Crippen LogP contribution in [0.2, 0.25) is 0 Å². The number of aliphatic carboxylic acids is 1. The Morgan fingerprint density at radius 3 is 2.27 bits per heavy atom. The molecule has 33 heavy (non-hydrogen) atoms. The second kappa shape index (κ2) is 8.62. The Balaban J connectivity index is 1.34. The second-order valence-electron chi connectivity index (χ2n) is 8.50. The highest BCUT2D eigenvalue weighted by Crippen LogP contribution is 2.44. The quantitative estimate of drug-likeness (QED) is 0.585. The Morgan fingerprint density at radius 2 is 1.64 bits per heavy atom. The van der Waals surface area contributed by atoms with Crippen LogP contribution >= 0.6 is 0 Å². The molecule has 0 fully saturated rings. The molecule has 0 aromatic heterocycles. The van der Waals surface area contributed by atoms with Crippen LogP contribution in [0.1, 0.15) is 40.6 Å². The summed E-state index contributed by atoms with van der Waals surface area (Å²) < 4.78 is 11.0. The molecule has 3 aromatic rings. The van der Waals surface area contributed by atoms with E-state index in [1.165, 1.54) is 0 Å². The second-order valence-corrected chi connectivity index (χ2v) is 8.50. The van der Waals surface area contributed by atoms with E-state index in [9.17, 15) is 14.7 Å². The van der Waals surface area contributed by atoms with Gasteiger partial charge in [-0.05, 0) is 58.4 Å². The predicted molar refractivity (Wildman–Crippen MR) is 123 cm³/mol. The summed E-state index contributed by atoms with van der Waals surface area (Å²) >= 11 is 0. The van der Waals surface area contributed by atoms with Gasteiger partial charge in [0.05, 0.1) is 19.1 Å². The maximum atomic E-state index is 12.8. The first kappa shape index (κ1) is 21.1. The van der Waals surface area contributed by atoms with E-state index in [1.54, 1.807) is 13.2 Å². The fourth-order valence-corrected chi connectivity index (χ4v) is 5.13. The first-order valence-corrected chi connectivity index (χ1v) is 11.1. The van der Waals surface area contributed by atoms with Gasteiger partial charge in [0, 0.05) is 5.92 Å². The molecule has 3 aromatic carbocycles. The van der Waals surface area contributed by atoms with Crippen LogP contribution in [0.3, 0.4) is 0 Å². The van der Waals surface area contributed by atoms with Crippen molar-refractivity contribution in [2.24, 2.45) is 5.92 Å². The molecule has 0 saturated heterocycles. The van der Waals surface area contributed by atoms with Crippen molar-refractivity contribution in [2.45, 2.75) is 24.8 Å². The molecule has 0 unspecified atom stereocenters. The summed E-state index contributed by atoms with van der Waals surface area (Å²) in [6.45, 7) is 0.180. The lowest BCUT2D eigenvalue weighted by Gasteiger charge is -2.31. The van der Waals surface area contributed by atoms with Crippen LogP contribution in [0.5, 0.6) is 5.75 Å². The molecule has 0 radical (unpaired) electrons. The molecule has 2 aliphatic rings. The predicted octanol–water partition coefficient (Wildman–Crippen LogP) is 4.92. The number of methoxy groups -OCH3 is 1. The van der Waals surface area contributed by atoms with Crippen LogP contribution in [-0.4, -0.2) is 30.9 Å². The van der Waals surface area contributed by atoms with Gasteiger partial charge in [-0.2, -0.15) is 0 Å². The van der Waals surface area contributed by atoms with Crippen molar-refractivity contribution < 1.29 is 24.2 Å². The lowest BCUT2D eigenvalue weighted by Crippen LogP contribution is -2.40. The maximum absolute atomic E-state index is 12.8. The zero-order valence-electron chi connectivity index (χ0n) is 18.3. The molecule has 6 nitrogen and oxygen atoms in total. The highest BCUT2D eigenvalue weighted by molar-refractivity contribution is 5.79. The minimum Gasteiger partial charge on any atom is -0.497 e. The third-order valence-corrected chi connectivity index (χ3v) is 6.75. The lowest BCUT2D eigenvalue weighted by molar-refractivity contribution is -0.143. The molecule has 0 spiro atoms. The van der Waals surface area contributed by atoms with Crippen molar-refractivity contribution in [3.63, 3.8) is 0 Å². The standard InChI is InChI=1S/C27H25NO5/c1-32-17-11-13-18-16(14-17)10-12-23(26(29)30)25(18)28-27(31)33-15-24-21-8-4-2-6-19(21)20-7-3-5-9-22(20)24/h2-9,11,13-14,23-25H,10,12,15H2,1H3,(H,28,31)(H,29,30)/t23-,25+/m1/s1. The molecule has 5 rings (SSSR count). The number of rotatable bonds is 5. The molecule has 6 heteroatoms. The van der Waals surface area contributed by atoms with Crippen molar-refractivity contribution in [2.75, 3.05) is 13.7 Å². The number of hydrogen-bond acceptors (Lipinski definition) is 4. The highest BCUT2D eigenvalue weighted by atomic mass is 16.5. The van der Waals surface area contributed by atoms with E-state index in [-0.39, 0.29) is 12.5 Å². The summed E-state index contributed by atoms with van der Waals surface area (Å²) in [5.74, 6) is -0.990. The lowest BCUT2D eigenvalue weighted by atomic mass is 9.79. The molecule has 0 saturated carbocycles. The Labute approximate surface area is 192 Å². The van der Waals surface area contributed by atoms with Gasteiger partial charge in [0.2, 0.25) is 0 Å². The van der Waals surface area contributed by atoms with Gasteiger partial charge in [0.25, 0.3) is 0 Å². The van der Waals surface area contributed by atoms with E-state index in [0.29, 0.717) is 18.6 Å². The number of benzene rings is 3. The number of hydrogen-bond donors (Lipinski definition) is 2. The topological polar surface area (TPSA) is 84.9 Å². The fourth-order valence-electron chi connectivity index (χ4n) is 5.13. The number of aryl methyl sites for hydroxylation is 1. The maximum Gasteiger partial charge on any atom is 0.407 e. The molecule has 0 aliphatic heterocycles. The summed E-state index contributed by atoms with van der Waals surface area (Å²) in [5, 5.41) is 12.6. The summed E-state index contributed by atoms with van der Waals surface area (Å²) in [6, 6.07) is 21.1. The first-order chi connectivity index (χ1) is 16.1. The Hall–Kier alpha value is -3.80. The number of alkyl carbamates (subject to hydrolysis) is 1. The van der Waals surface area contributed by atoms with E-state index in [4.69, 9.17) is 9.47 Å². The first-order valence-electron chi connectivity index (χ1n) is 11.1. The van der Waals surface area contributed by atoms with Crippen molar-refractivity contribution in [1.29, 1.82) is 0 Å². The van der Waals surface area contributed by atoms with E-state index in [2.05, 4.69) is 29.6 Å². The van der Waals surface area contributed by atoms with Crippen LogP contribution in [0.15, 0.2) is 66.7 Å². The van der Waals surface area contributed by atoms with Crippen LogP contribution < -0.4 is 10.1 Å². The number of nitrogens with one attached hydrogen (secondary N) is 1. The van der Waals surface area contributed by atoms with E-state index < -0.39 is 24.0 Å². The molecule has 0 heterocycles. The molecule has 2 aliphatic carbocycles. The van der Waals surface area contributed by atoms with Crippen molar-refractivity contribution >= 4 is 12.1 Å². The number of carboxylic acids is 1. The number of amides is 1. The van der Waals surface area contributed by atoms with Gasteiger partial charge in [-0.15, -0.1) is 0 Å². The van der Waals surface area contributed by atoms with Crippen molar-refractivity contribution in [3.8, 4) is 16.9 Å². The molecular formula is C27H25NO5. The number of carbonyl (C=O) groups is 2. The van der Waals surface area contributed by atoms with Gasteiger partial charge in [0.1, 0.15) is 12.4 Å². The zero-order valence-corrected chi connectivity index (χ0v) is 18.3. The van der Waals surface area contributed by atoms with Crippen LogP contribution in [0.4, 0.5) is 4.79 Å². The number of carbonyl (C=O) groups excluding carboxylic acids is 1. The van der Waals surface area contributed by atoms with E-state index in [0.717, 1.165) is 33.4 Å². The molecule has 1 amide bonds. The minimum absolute atomic E-state index is 0.0543. The third kappa shape index (κ3) is 3.82. The van der Waals surface area contributed by atoms with E-state index in [1.807, 2.05) is 36.4 Å². The Kier molecular flexibility index (Phi) is 5.50. The van der Waals surface area contributed by atoms with Gasteiger partial charge in [0.15, 0.2) is 0 Å². The number of carboxylic acid groups (broad SMARTS) is 1. The van der Waals surface area contributed by atoms with Crippen molar-refractivity contribution in [3.05, 3.63) is 89.0 Å². The molecular weight excluding hydrogens is 418 g/mol. The monoisotopic (exact) mass is 443 g/mol. The van der Waals surface area contributed by atoms with E-state index >= 15 is 0 Å². The molecule has 2 N–H and O–H groups in total. The molecule has 168 valence electrons. The van der Waals surface area contributed by atoms with Gasteiger partial charge in [-0.25, -0.2) is 4.79 Å². The minimum atomic E-state index is -0.930. The van der Waals surface area contributed by atoms with Gasteiger partial charge in [-0.3, -0.25) is 4.79 Å². The Morgan fingerprint density at radius 1 is 0.970 bits per heavy atom. The number of ether oxygens (including phenoxy) is 2. The SMILES string of the molecule is COc1ccc2c(c1)CC[C@@H](C(=O)O)[C@H]2NC(=O)OCC1c2ccccc2-c2ccccc21. The Bertz CT molecular complexity index is 1180. The average molecular weight is 443 g/mol. The highest BCUT2D eigenvalue weighted by Gasteiger charge is 2.36. The van der Waals surface area contributed by atoms with Gasteiger partial charge in [-0.1, -0.05) is 54.6 Å².